The highest BCUT2D eigenvalue weighted by atomic mass is 79.9. The summed E-state index contributed by atoms with van der Waals surface area (Å²) >= 11 is 11.6. The van der Waals surface area contributed by atoms with Crippen LogP contribution in [0.2, 0.25) is 5.15 Å². The molecule has 5 heteroatoms. The van der Waals surface area contributed by atoms with Gasteiger partial charge in [0.15, 0.2) is 5.82 Å². The molecule has 0 radical (unpaired) electrons. The highest BCUT2D eigenvalue weighted by Gasteiger charge is 2.23. The van der Waals surface area contributed by atoms with Crippen molar-refractivity contribution in [2.75, 3.05) is 5.75 Å². The fourth-order valence-corrected chi connectivity index (χ4v) is 3.52. The summed E-state index contributed by atoms with van der Waals surface area (Å²) in [4.78, 5) is 10.3. The Labute approximate surface area is 143 Å². The van der Waals surface area contributed by atoms with Crippen molar-refractivity contribution in [2.24, 2.45) is 0 Å². The van der Waals surface area contributed by atoms with Gasteiger partial charge in [-0.1, -0.05) is 51.4 Å². The van der Waals surface area contributed by atoms with Crippen molar-refractivity contribution in [3.05, 3.63) is 39.6 Å². The maximum Gasteiger partial charge on any atom is 0.161 e. The molecule has 1 aromatic heterocycles. The third-order valence-corrected chi connectivity index (χ3v) is 5.09. The molecule has 0 fully saturated rings. The summed E-state index contributed by atoms with van der Waals surface area (Å²) in [5.41, 5.74) is 1.80. The third kappa shape index (κ3) is 3.99. The first kappa shape index (κ1) is 16.8. The Bertz CT molecular complexity index is 636. The SMILES string of the molecule is CCSc1ccc(-c2nc(Cl)c(Br)c(C(C)(C)C)n2)cc1. The van der Waals surface area contributed by atoms with Gasteiger partial charge in [0.25, 0.3) is 0 Å². The lowest BCUT2D eigenvalue weighted by Crippen LogP contribution is -2.16. The monoisotopic (exact) mass is 384 g/mol. The normalized spacial score (nSPS) is 11.7. The number of halogens is 2. The van der Waals surface area contributed by atoms with Crippen molar-refractivity contribution in [1.29, 1.82) is 0 Å². The zero-order valence-electron chi connectivity index (χ0n) is 12.6. The zero-order valence-corrected chi connectivity index (χ0v) is 15.7. The molecule has 2 aromatic rings. The van der Waals surface area contributed by atoms with E-state index in [1.165, 1.54) is 4.90 Å². The maximum atomic E-state index is 6.25. The van der Waals surface area contributed by atoms with Gasteiger partial charge in [-0.2, -0.15) is 0 Å². The van der Waals surface area contributed by atoms with Crippen molar-refractivity contribution in [1.82, 2.24) is 9.97 Å². The second-order valence-electron chi connectivity index (χ2n) is 5.71. The highest BCUT2D eigenvalue weighted by molar-refractivity contribution is 9.10. The summed E-state index contributed by atoms with van der Waals surface area (Å²) in [6.45, 7) is 8.48. The lowest BCUT2D eigenvalue weighted by atomic mass is 9.92. The van der Waals surface area contributed by atoms with Crippen LogP contribution in [-0.4, -0.2) is 15.7 Å². The minimum absolute atomic E-state index is 0.0990. The van der Waals surface area contributed by atoms with E-state index in [2.05, 4.69) is 60.7 Å². The molecule has 2 nitrogen and oxygen atoms in total. The average molecular weight is 386 g/mol. The Balaban J connectivity index is 2.47. The minimum Gasteiger partial charge on any atom is -0.231 e. The Hall–Kier alpha value is -0.580. The van der Waals surface area contributed by atoms with Crippen molar-refractivity contribution in [3.63, 3.8) is 0 Å². The first-order chi connectivity index (χ1) is 9.82. The van der Waals surface area contributed by atoms with Gasteiger partial charge in [0.2, 0.25) is 0 Å². The van der Waals surface area contributed by atoms with E-state index in [1.54, 1.807) is 0 Å². The van der Waals surface area contributed by atoms with Crippen molar-refractivity contribution in [3.8, 4) is 11.4 Å². The van der Waals surface area contributed by atoms with Crippen LogP contribution in [0.5, 0.6) is 0 Å². The number of hydrogen-bond acceptors (Lipinski definition) is 3. The van der Waals surface area contributed by atoms with E-state index in [0.717, 1.165) is 21.5 Å². The molecule has 112 valence electrons. The summed E-state index contributed by atoms with van der Waals surface area (Å²) in [7, 11) is 0. The van der Waals surface area contributed by atoms with Gasteiger partial charge in [0.1, 0.15) is 5.15 Å². The van der Waals surface area contributed by atoms with Gasteiger partial charge in [-0.3, -0.25) is 0 Å². The molecule has 0 atom stereocenters. The first-order valence-electron chi connectivity index (χ1n) is 6.79. The number of thioether (sulfide) groups is 1. The van der Waals surface area contributed by atoms with Crippen molar-refractivity contribution in [2.45, 2.75) is 38.0 Å². The Kier molecular flexibility index (Phi) is 5.33. The maximum absolute atomic E-state index is 6.25. The van der Waals surface area contributed by atoms with Crippen LogP contribution in [-0.2, 0) is 5.41 Å². The predicted molar refractivity (Wildman–Crippen MR) is 95.3 cm³/mol. The molecule has 1 aromatic carbocycles. The van der Waals surface area contributed by atoms with Gasteiger partial charge >= 0.3 is 0 Å². The van der Waals surface area contributed by atoms with E-state index in [-0.39, 0.29) is 5.41 Å². The van der Waals surface area contributed by atoms with Gasteiger partial charge in [0.05, 0.1) is 10.2 Å². The second kappa shape index (κ2) is 6.67. The molecular weight excluding hydrogens is 368 g/mol. The summed E-state index contributed by atoms with van der Waals surface area (Å²) in [6, 6.07) is 8.28. The quantitative estimate of drug-likeness (QED) is 0.481. The molecule has 0 saturated carbocycles. The van der Waals surface area contributed by atoms with E-state index in [0.29, 0.717) is 11.0 Å². The van der Waals surface area contributed by atoms with Crippen molar-refractivity contribution >= 4 is 39.3 Å². The summed E-state index contributed by atoms with van der Waals surface area (Å²) < 4.78 is 0.776. The lowest BCUT2D eigenvalue weighted by molar-refractivity contribution is 0.564. The van der Waals surface area contributed by atoms with Crippen LogP contribution in [0.15, 0.2) is 33.6 Å². The number of aromatic nitrogens is 2. The molecule has 21 heavy (non-hydrogen) atoms. The van der Waals surface area contributed by atoms with Crippen LogP contribution in [0.3, 0.4) is 0 Å². The number of nitrogens with zero attached hydrogens (tertiary/aromatic N) is 2. The van der Waals surface area contributed by atoms with Crippen LogP contribution in [0.25, 0.3) is 11.4 Å². The van der Waals surface area contributed by atoms with E-state index in [4.69, 9.17) is 16.6 Å². The fraction of sp³-hybridized carbons (Fsp3) is 0.375. The minimum atomic E-state index is -0.0990. The second-order valence-corrected chi connectivity index (χ2v) is 8.20. The summed E-state index contributed by atoms with van der Waals surface area (Å²) in [5.74, 6) is 1.73. The van der Waals surface area contributed by atoms with E-state index < -0.39 is 0 Å². The highest BCUT2D eigenvalue weighted by Crippen LogP contribution is 2.34. The molecular formula is C16H18BrClN2S. The van der Waals surface area contributed by atoms with Gasteiger partial charge in [0, 0.05) is 15.9 Å². The van der Waals surface area contributed by atoms with Gasteiger partial charge < -0.3 is 0 Å². The molecule has 2 rings (SSSR count). The number of benzene rings is 1. The summed E-state index contributed by atoms with van der Waals surface area (Å²) in [5, 5.41) is 0.455. The van der Waals surface area contributed by atoms with E-state index in [9.17, 15) is 0 Å². The number of hydrogen-bond donors (Lipinski definition) is 0. The molecule has 0 bridgehead atoms. The first-order valence-corrected chi connectivity index (χ1v) is 8.95. The average Bonchev–Trinajstić information content (AvgIpc) is 2.41. The molecule has 0 aliphatic rings. The van der Waals surface area contributed by atoms with Gasteiger partial charge in [-0.05, 0) is 33.8 Å². The van der Waals surface area contributed by atoms with Crippen LogP contribution >= 0.6 is 39.3 Å². The Morgan fingerprint density at radius 2 is 1.76 bits per heavy atom. The van der Waals surface area contributed by atoms with Crippen LogP contribution in [0, 0.1) is 0 Å². The van der Waals surface area contributed by atoms with Crippen LogP contribution in [0.1, 0.15) is 33.4 Å². The molecule has 0 aliphatic heterocycles. The zero-order chi connectivity index (χ0) is 15.6. The topological polar surface area (TPSA) is 25.8 Å². The van der Waals surface area contributed by atoms with Gasteiger partial charge in [-0.25, -0.2) is 9.97 Å². The standard InChI is InChI=1S/C16H18BrClN2S/c1-5-21-11-8-6-10(7-9-11)15-19-13(16(2,3)4)12(17)14(18)20-15/h6-9H,5H2,1-4H3. The molecule has 0 N–H and O–H groups in total. The van der Waals surface area contributed by atoms with E-state index in [1.807, 2.05) is 23.9 Å². The molecule has 0 aliphatic carbocycles. The predicted octanol–water partition coefficient (Wildman–Crippen LogP) is 5.97. The largest absolute Gasteiger partial charge is 0.231 e. The Morgan fingerprint density at radius 1 is 1.14 bits per heavy atom. The Morgan fingerprint density at radius 3 is 2.29 bits per heavy atom. The van der Waals surface area contributed by atoms with Crippen LogP contribution in [0.4, 0.5) is 0 Å². The third-order valence-electron chi connectivity index (χ3n) is 2.94. The lowest BCUT2D eigenvalue weighted by Gasteiger charge is -2.20. The molecule has 0 unspecified atom stereocenters. The molecule has 1 heterocycles. The molecule has 0 saturated heterocycles. The fourth-order valence-electron chi connectivity index (χ4n) is 1.91. The van der Waals surface area contributed by atoms with Gasteiger partial charge in [-0.15, -0.1) is 11.8 Å². The smallest absolute Gasteiger partial charge is 0.161 e. The van der Waals surface area contributed by atoms with Crippen LogP contribution < -0.4 is 0 Å². The summed E-state index contributed by atoms with van der Waals surface area (Å²) in [6.07, 6.45) is 0. The number of rotatable bonds is 3. The van der Waals surface area contributed by atoms with E-state index >= 15 is 0 Å². The molecule has 0 spiro atoms. The van der Waals surface area contributed by atoms with Crippen molar-refractivity contribution < 1.29 is 0 Å². The molecule has 0 amide bonds.